The number of nitrogens with zero attached hydrogens (tertiary/aromatic N) is 6. The minimum Gasteiger partial charge on any atom is -0.324 e. The molecule has 3 heterocycles. The fraction of sp³-hybridized carbons (Fsp3) is 0.379. The van der Waals surface area contributed by atoms with Crippen molar-refractivity contribution in [2.75, 3.05) is 18.4 Å². The quantitative estimate of drug-likeness (QED) is 0.312. The first kappa shape index (κ1) is 25.5. The SMILES string of the molecule is FC(F)(F)c1nc(Nc2ccc3c(c2)CCC(N2CCCC2)CC3)n(Cc2nnccc2-c2ccccc2)n1. The number of likely N-dealkylation sites (tertiary alicyclic amines) is 1. The van der Waals surface area contributed by atoms with E-state index in [1.165, 1.54) is 41.7 Å². The number of halogens is 3. The molecular weight excluding hydrogens is 503 g/mol. The van der Waals surface area contributed by atoms with E-state index in [4.69, 9.17) is 0 Å². The number of aromatic nitrogens is 5. The van der Waals surface area contributed by atoms with Crippen molar-refractivity contribution in [1.82, 2.24) is 29.9 Å². The molecule has 6 rings (SSSR count). The van der Waals surface area contributed by atoms with Gasteiger partial charge in [-0.05, 0) is 86.5 Å². The molecule has 39 heavy (non-hydrogen) atoms. The van der Waals surface area contributed by atoms with Crippen LogP contribution in [0.2, 0.25) is 0 Å². The summed E-state index contributed by atoms with van der Waals surface area (Å²) in [6.45, 7) is 2.34. The average molecular weight is 534 g/mol. The topological polar surface area (TPSA) is 71.8 Å². The molecule has 1 saturated heterocycles. The Morgan fingerprint density at radius 1 is 0.923 bits per heavy atom. The van der Waals surface area contributed by atoms with Gasteiger partial charge in [-0.3, -0.25) is 0 Å². The summed E-state index contributed by atoms with van der Waals surface area (Å²) >= 11 is 0. The van der Waals surface area contributed by atoms with E-state index in [2.05, 4.69) is 36.6 Å². The predicted molar refractivity (Wildman–Crippen MR) is 143 cm³/mol. The van der Waals surface area contributed by atoms with Gasteiger partial charge in [0, 0.05) is 17.3 Å². The zero-order chi connectivity index (χ0) is 26.8. The summed E-state index contributed by atoms with van der Waals surface area (Å²) in [6, 6.07) is 18.0. The summed E-state index contributed by atoms with van der Waals surface area (Å²) in [5, 5.41) is 15.1. The Labute approximate surface area is 225 Å². The van der Waals surface area contributed by atoms with E-state index in [0.29, 0.717) is 17.4 Å². The van der Waals surface area contributed by atoms with E-state index in [9.17, 15) is 13.2 Å². The second-order valence-corrected chi connectivity index (χ2v) is 10.3. The lowest BCUT2D eigenvalue weighted by Gasteiger charge is -2.25. The minimum absolute atomic E-state index is 0.00973. The van der Waals surface area contributed by atoms with Crippen molar-refractivity contribution in [3.05, 3.63) is 83.4 Å². The number of benzene rings is 2. The molecule has 1 aliphatic heterocycles. The molecule has 2 aromatic heterocycles. The monoisotopic (exact) mass is 533 g/mol. The summed E-state index contributed by atoms with van der Waals surface area (Å²) in [5.74, 6) is -1.19. The first-order chi connectivity index (χ1) is 18.9. The van der Waals surface area contributed by atoms with Crippen LogP contribution < -0.4 is 5.32 Å². The van der Waals surface area contributed by atoms with Gasteiger partial charge in [0.15, 0.2) is 0 Å². The number of hydrogen-bond donors (Lipinski definition) is 1. The van der Waals surface area contributed by atoms with E-state index in [1.54, 1.807) is 12.3 Å². The lowest BCUT2D eigenvalue weighted by molar-refractivity contribution is -0.144. The number of hydrogen-bond acceptors (Lipinski definition) is 6. The van der Waals surface area contributed by atoms with Crippen molar-refractivity contribution in [2.24, 2.45) is 0 Å². The largest absolute Gasteiger partial charge is 0.453 e. The molecular formula is C29H30F3N7. The first-order valence-corrected chi connectivity index (χ1v) is 13.4. The third kappa shape index (κ3) is 5.66. The Morgan fingerprint density at radius 2 is 1.69 bits per heavy atom. The number of fused-ring (bicyclic) bond motifs is 1. The maximum atomic E-state index is 13.6. The van der Waals surface area contributed by atoms with Crippen LogP contribution in [0, 0.1) is 0 Å². The second-order valence-electron chi connectivity index (χ2n) is 10.3. The molecule has 1 unspecified atom stereocenters. The molecule has 4 aromatic rings. The number of nitrogens with one attached hydrogen (secondary N) is 1. The third-order valence-corrected chi connectivity index (χ3v) is 7.72. The van der Waals surface area contributed by atoms with Crippen molar-refractivity contribution >= 4 is 11.6 Å². The lowest BCUT2D eigenvalue weighted by atomic mass is 10.0. The summed E-state index contributed by atoms with van der Waals surface area (Å²) in [6.07, 6.45) is 3.65. The number of alkyl halides is 3. The molecule has 7 nitrogen and oxygen atoms in total. The van der Waals surface area contributed by atoms with Crippen molar-refractivity contribution in [3.8, 4) is 11.1 Å². The van der Waals surface area contributed by atoms with Gasteiger partial charge in [0.25, 0.3) is 5.82 Å². The van der Waals surface area contributed by atoms with Crippen molar-refractivity contribution in [1.29, 1.82) is 0 Å². The highest BCUT2D eigenvalue weighted by Gasteiger charge is 2.37. The van der Waals surface area contributed by atoms with E-state index in [0.717, 1.165) is 36.8 Å². The van der Waals surface area contributed by atoms with Crippen LogP contribution in [-0.2, 0) is 25.6 Å². The molecule has 1 aliphatic carbocycles. The van der Waals surface area contributed by atoms with Crippen LogP contribution in [-0.4, -0.2) is 49.0 Å². The van der Waals surface area contributed by atoms with Gasteiger partial charge in [0.05, 0.1) is 18.4 Å². The van der Waals surface area contributed by atoms with Gasteiger partial charge in [-0.15, -0.1) is 5.10 Å². The van der Waals surface area contributed by atoms with E-state index >= 15 is 0 Å². The van der Waals surface area contributed by atoms with Gasteiger partial charge in [-0.2, -0.15) is 28.4 Å². The highest BCUT2D eigenvalue weighted by atomic mass is 19.4. The zero-order valence-corrected chi connectivity index (χ0v) is 21.5. The van der Waals surface area contributed by atoms with Crippen LogP contribution in [0.5, 0.6) is 0 Å². The standard InChI is InChI=1S/C29H30F3N7/c30-29(31,32)27-35-28(39(37-27)19-26-25(14-15-33-36-26)21-6-2-1-3-7-21)34-23-11-8-20-9-12-24(13-10-22(20)18-23)38-16-4-5-17-38/h1-3,6-8,11,14-15,18,24H,4-5,9-10,12-13,16-17,19H2,(H,34,35,37). The maximum absolute atomic E-state index is 13.6. The van der Waals surface area contributed by atoms with Gasteiger partial charge in [0.2, 0.25) is 5.95 Å². The van der Waals surface area contributed by atoms with Crippen molar-refractivity contribution in [3.63, 3.8) is 0 Å². The van der Waals surface area contributed by atoms with Gasteiger partial charge in [0.1, 0.15) is 0 Å². The summed E-state index contributed by atoms with van der Waals surface area (Å²) in [5.41, 5.74) is 5.42. The Morgan fingerprint density at radius 3 is 2.46 bits per heavy atom. The number of anilines is 2. The van der Waals surface area contributed by atoms with E-state index in [1.807, 2.05) is 42.5 Å². The molecule has 1 atom stereocenters. The molecule has 0 radical (unpaired) electrons. The van der Waals surface area contributed by atoms with Gasteiger partial charge < -0.3 is 10.2 Å². The number of aryl methyl sites for hydroxylation is 2. The normalized spacial score (nSPS) is 18.1. The molecule has 0 spiro atoms. The maximum Gasteiger partial charge on any atom is 0.453 e. The summed E-state index contributed by atoms with van der Waals surface area (Å²) in [7, 11) is 0. The minimum atomic E-state index is -4.68. The fourth-order valence-electron chi connectivity index (χ4n) is 5.73. The summed E-state index contributed by atoms with van der Waals surface area (Å²) in [4.78, 5) is 6.44. The molecule has 1 N–H and O–H groups in total. The predicted octanol–water partition coefficient (Wildman–Crippen LogP) is 5.89. The number of rotatable bonds is 6. The van der Waals surface area contributed by atoms with E-state index in [-0.39, 0.29) is 12.5 Å². The second kappa shape index (κ2) is 10.8. The molecule has 0 amide bonds. The van der Waals surface area contributed by atoms with Crippen LogP contribution in [0.15, 0.2) is 60.8 Å². The van der Waals surface area contributed by atoms with Crippen molar-refractivity contribution < 1.29 is 13.2 Å². The molecule has 0 bridgehead atoms. The molecule has 2 aromatic carbocycles. The highest BCUT2D eigenvalue weighted by molar-refractivity contribution is 5.65. The molecule has 1 fully saturated rings. The van der Waals surface area contributed by atoms with Gasteiger partial charge >= 0.3 is 6.18 Å². The van der Waals surface area contributed by atoms with Gasteiger partial charge in [-0.1, -0.05) is 36.4 Å². The van der Waals surface area contributed by atoms with Crippen molar-refractivity contribution in [2.45, 2.75) is 57.3 Å². The fourth-order valence-corrected chi connectivity index (χ4v) is 5.73. The van der Waals surface area contributed by atoms with Crippen LogP contribution in [0.25, 0.3) is 11.1 Å². The summed E-state index contributed by atoms with van der Waals surface area (Å²) < 4.78 is 42.1. The van der Waals surface area contributed by atoms with Crippen LogP contribution in [0.4, 0.5) is 24.8 Å². The van der Waals surface area contributed by atoms with E-state index < -0.39 is 12.0 Å². The average Bonchev–Trinajstić information content (AvgIpc) is 3.56. The van der Waals surface area contributed by atoms with Crippen LogP contribution in [0.3, 0.4) is 0 Å². The highest BCUT2D eigenvalue weighted by Crippen LogP contribution is 2.31. The first-order valence-electron chi connectivity index (χ1n) is 13.4. The lowest BCUT2D eigenvalue weighted by Crippen LogP contribution is -2.32. The molecule has 2 aliphatic rings. The van der Waals surface area contributed by atoms with Crippen LogP contribution >= 0.6 is 0 Å². The third-order valence-electron chi connectivity index (χ3n) is 7.72. The zero-order valence-electron chi connectivity index (χ0n) is 21.5. The Bertz CT molecular complexity index is 1430. The Kier molecular flexibility index (Phi) is 7.03. The van der Waals surface area contributed by atoms with Crippen LogP contribution in [0.1, 0.15) is 48.3 Å². The smallest absolute Gasteiger partial charge is 0.324 e. The Hall–Kier alpha value is -3.79. The molecule has 0 saturated carbocycles. The molecule has 10 heteroatoms. The van der Waals surface area contributed by atoms with Gasteiger partial charge in [-0.25, -0.2) is 4.68 Å². The Balaban J connectivity index is 1.27. The molecule has 202 valence electrons.